The van der Waals surface area contributed by atoms with Gasteiger partial charge in [0, 0.05) is 12.1 Å². The number of rotatable bonds is 10. The minimum absolute atomic E-state index is 0.630. The third-order valence-electron chi connectivity index (χ3n) is 4.37. The van der Waals surface area contributed by atoms with E-state index in [9.17, 15) is 0 Å². The van der Waals surface area contributed by atoms with Crippen molar-refractivity contribution in [3.63, 3.8) is 0 Å². The number of aryl methyl sites for hydroxylation is 1. The predicted octanol–water partition coefficient (Wildman–Crippen LogP) is 4.76. The lowest BCUT2D eigenvalue weighted by molar-refractivity contribution is 0.269. The molecule has 0 aliphatic rings. The molecule has 0 unspecified atom stereocenters. The first-order valence-corrected chi connectivity index (χ1v) is 9.15. The van der Waals surface area contributed by atoms with Crippen molar-refractivity contribution in [1.29, 1.82) is 0 Å². The van der Waals surface area contributed by atoms with Crippen LogP contribution in [0.3, 0.4) is 0 Å². The minimum Gasteiger partial charge on any atom is -0.493 e. The summed E-state index contributed by atoms with van der Waals surface area (Å²) in [5, 5.41) is 3.53. The van der Waals surface area contributed by atoms with E-state index >= 15 is 0 Å². The summed E-state index contributed by atoms with van der Waals surface area (Å²) < 4.78 is 11.5. The fourth-order valence-corrected chi connectivity index (χ4v) is 2.76. The molecule has 0 spiro atoms. The van der Waals surface area contributed by atoms with Crippen molar-refractivity contribution >= 4 is 0 Å². The Labute approximate surface area is 152 Å². The second kappa shape index (κ2) is 10.1. The highest BCUT2D eigenvalue weighted by Gasteiger charge is 2.10. The number of methoxy groups -OCH3 is 1. The van der Waals surface area contributed by atoms with Gasteiger partial charge in [0.1, 0.15) is 0 Å². The fourth-order valence-electron chi connectivity index (χ4n) is 2.76. The normalized spacial score (nSPS) is 10.9. The van der Waals surface area contributed by atoms with Gasteiger partial charge in [-0.25, -0.2) is 0 Å². The van der Waals surface area contributed by atoms with Crippen molar-refractivity contribution in [2.24, 2.45) is 5.92 Å². The largest absolute Gasteiger partial charge is 0.493 e. The Morgan fingerprint density at radius 2 is 1.76 bits per heavy atom. The van der Waals surface area contributed by atoms with Crippen molar-refractivity contribution in [2.75, 3.05) is 20.3 Å². The van der Waals surface area contributed by atoms with E-state index in [2.05, 4.69) is 56.4 Å². The van der Waals surface area contributed by atoms with Gasteiger partial charge in [0.25, 0.3) is 0 Å². The third kappa shape index (κ3) is 6.09. The van der Waals surface area contributed by atoms with Gasteiger partial charge in [-0.15, -0.1) is 0 Å². The van der Waals surface area contributed by atoms with Crippen LogP contribution in [0.5, 0.6) is 11.5 Å². The lowest BCUT2D eigenvalue weighted by Crippen LogP contribution is -2.18. The summed E-state index contributed by atoms with van der Waals surface area (Å²) in [5.74, 6) is 2.31. The van der Waals surface area contributed by atoms with Crippen LogP contribution in [0, 0.1) is 12.8 Å². The lowest BCUT2D eigenvalue weighted by atomic mass is 10.1. The predicted molar refractivity (Wildman–Crippen MR) is 105 cm³/mol. The topological polar surface area (TPSA) is 30.5 Å². The van der Waals surface area contributed by atoms with Gasteiger partial charge in [-0.3, -0.25) is 0 Å². The Bertz CT molecular complexity index is 652. The van der Waals surface area contributed by atoms with E-state index in [1.165, 1.54) is 11.1 Å². The summed E-state index contributed by atoms with van der Waals surface area (Å²) in [6.45, 7) is 9.01. The molecule has 0 amide bonds. The van der Waals surface area contributed by atoms with Gasteiger partial charge in [-0.05, 0) is 49.4 Å². The van der Waals surface area contributed by atoms with E-state index in [-0.39, 0.29) is 0 Å². The van der Waals surface area contributed by atoms with Crippen molar-refractivity contribution in [2.45, 2.75) is 40.2 Å². The van der Waals surface area contributed by atoms with Crippen molar-refractivity contribution in [1.82, 2.24) is 5.32 Å². The molecule has 2 aromatic rings. The molecule has 0 aromatic heterocycles. The van der Waals surface area contributed by atoms with Crippen LogP contribution in [0.4, 0.5) is 0 Å². The molecule has 3 heteroatoms. The molecule has 2 aromatic carbocycles. The number of ether oxygens (including phenoxy) is 2. The highest BCUT2D eigenvalue weighted by Crippen LogP contribution is 2.31. The van der Waals surface area contributed by atoms with Gasteiger partial charge >= 0.3 is 0 Å². The molecular weight excluding hydrogens is 310 g/mol. The molecule has 0 fully saturated rings. The standard InChI is InChI=1S/C22H31NO2/c1-17(2)13-15-25-22-20(10-7-11-21(22)24-4)16-23-14-12-19-9-6-5-8-18(19)3/h5-11,17,23H,12-16H2,1-4H3. The van der Waals surface area contributed by atoms with Crippen LogP contribution in [-0.2, 0) is 13.0 Å². The zero-order valence-electron chi connectivity index (χ0n) is 16.0. The molecule has 25 heavy (non-hydrogen) atoms. The van der Waals surface area contributed by atoms with Gasteiger partial charge in [0.2, 0.25) is 0 Å². The molecule has 2 rings (SSSR count). The maximum Gasteiger partial charge on any atom is 0.165 e. The Balaban J connectivity index is 1.92. The summed E-state index contributed by atoms with van der Waals surface area (Å²) >= 11 is 0. The fraction of sp³-hybridized carbons (Fsp3) is 0.455. The Morgan fingerprint density at radius 1 is 1.00 bits per heavy atom. The zero-order valence-corrected chi connectivity index (χ0v) is 16.0. The van der Waals surface area contributed by atoms with E-state index in [1.54, 1.807) is 7.11 Å². The molecule has 0 atom stereocenters. The number of benzene rings is 2. The van der Waals surface area contributed by atoms with E-state index in [0.29, 0.717) is 12.5 Å². The van der Waals surface area contributed by atoms with E-state index in [4.69, 9.17) is 9.47 Å². The van der Waals surface area contributed by atoms with Crippen LogP contribution in [0.25, 0.3) is 0 Å². The molecule has 0 bridgehead atoms. The Hall–Kier alpha value is -2.00. The molecule has 0 aliphatic heterocycles. The number of hydrogen-bond acceptors (Lipinski definition) is 3. The van der Waals surface area contributed by atoms with E-state index in [1.807, 2.05) is 12.1 Å². The van der Waals surface area contributed by atoms with Crippen molar-refractivity contribution < 1.29 is 9.47 Å². The third-order valence-corrected chi connectivity index (χ3v) is 4.37. The smallest absolute Gasteiger partial charge is 0.165 e. The van der Waals surface area contributed by atoms with Crippen LogP contribution in [-0.4, -0.2) is 20.3 Å². The van der Waals surface area contributed by atoms with E-state index < -0.39 is 0 Å². The molecule has 1 N–H and O–H groups in total. The van der Waals surface area contributed by atoms with Crippen LogP contribution in [0.1, 0.15) is 37.0 Å². The summed E-state index contributed by atoms with van der Waals surface area (Å²) in [6.07, 6.45) is 2.07. The van der Waals surface area contributed by atoms with Crippen LogP contribution in [0.2, 0.25) is 0 Å². The maximum absolute atomic E-state index is 6.04. The highest BCUT2D eigenvalue weighted by atomic mass is 16.5. The molecule has 0 radical (unpaired) electrons. The van der Waals surface area contributed by atoms with Crippen molar-refractivity contribution in [3.05, 3.63) is 59.2 Å². The second-order valence-corrected chi connectivity index (χ2v) is 6.83. The lowest BCUT2D eigenvalue weighted by Gasteiger charge is -2.16. The van der Waals surface area contributed by atoms with Gasteiger partial charge in [0.15, 0.2) is 11.5 Å². The van der Waals surface area contributed by atoms with Crippen LogP contribution < -0.4 is 14.8 Å². The Morgan fingerprint density at radius 3 is 2.48 bits per heavy atom. The summed E-state index contributed by atoms with van der Waals surface area (Å²) in [4.78, 5) is 0. The first-order valence-electron chi connectivity index (χ1n) is 9.15. The van der Waals surface area contributed by atoms with Gasteiger partial charge in [0.05, 0.1) is 13.7 Å². The average molecular weight is 341 g/mol. The molecule has 0 saturated heterocycles. The molecule has 136 valence electrons. The van der Waals surface area contributed by atoms with Crippen LogP contribution in [0.15, 0.2) is 42.5 Å². The maximum atomic E-state index is 6.04. The first kappa shape index (κ1) is 19.3. The van der Waals surface area contributed by atoms with Gasteiger partial charge in [-0.2, -0.15) is 0 Å². The quantitative estimate of drug-likeness (QED) is 0.632. The zero-order chi connectivity index (χ0) is 18.1. The average Bonchev–Trinajstić information content (AvgIpc) is 2.60. The molecule has 3 nitrogen and oxygen atoms in total. The molecular formula is C22H31NO2. The summed E-state index contributed by atoms with van der Waals surface area (Å²) in [6, 6.07) is 14.6. The number of hydrogen-bond donors (Lipinski definition) is 1. The van der Waals surface area contributed by atoms with Gasteiger partial charge in [-0.1, -0.05) is 50.2 Å². The number of nitrogens with one attached hydrogen (secondary N) is 1. The molecule has 0 aliphatic carbocycles. The molecule has 0 saturated carbocycles. The van der Waals surface area contributed by atoms with Gasteiger partial charge < -0.3 is 14.8 Å². The molecule has 0 heterocycles. The summed E-state index contributed by atoms with van der Waals surface area (Å²) in [5.41, 5.74) is 3.89. The SMILES string of the molecule is COc1cccc(CNCCc2ccccc2C)c1OCCC(C)C. The first-order chi connectivity index (χ1) is 12.1. The number of para-hydroxylation sites is 1. The highest BCUT2D eigenvalue weighted by molar-refractivity contribution is 5.46. The van der Waals surface area contributed by atoms with E-state index in [0.717, 1.165) is 43.0 Å². The van der Waals surface area contributed by atoms with Crippen molar-refractivity contribution in [3.8, 4) is 11.5 Å². The second-order valence-electron chi connectivity index (χ2n) is 6.83. The Kier molecular flexibility index (Phi) is 7.80. The monoisotopic (exact) mass is 341 g/mol. The van der Waals surface area contributed by atoms with Crippen LogP contribution >= 0.6 is 0 Å². The minimum atomic E-state index is 0.630. The summed E-state index contributed by atoms with van der Waals surface area (Å²) in [7, 11) is 1.69.